The van der Waals surface area contributed by atoms with E-state index in [2.05, 4.69) is 17.0 Å². The standard InChI is InChI=1S/C14H22N2O/c1-11(2)17-14-5-3-12(4-6-14)9-16-8-7-13(15)10-16/h3-6,11,13H,7-10,15H2,1-2H3. The van der Waals surface area contributed by atoms with Gasteiger partial charge in [0.1, 0.15) is 5.75 Å². The van der Waals surface area contributed by atoms with Crippen LogP contribution in [0.5, 0.6) is 5.75 Å². The molecule has 1 heterocycles. The van der Waals surface area contributed by atoms with E-state index in [0.29, 0.717) is 6.04 Å². The van der Waals surface area contributed by atoms with Gasteiger partial charge in [-0.25, -0.2) is 0 Å². The molecule has 0 bridgehead atoms. The third-order valence-electron chi connectivity index (χ3n) is 3.01. The summed E-state index contributed by atoms with van der Waals surface area (Å²) < 4.78 is 5.62. The van der Waals surface area contributed by atoms with Crippen molar-refractivity contribution >= 4 is 0 Å². The van der Waals surface area contributed by atoms with Gasteiger partial charge in [-0.15, -0.1) is 0 Å². The minimum Gasteiger partial charge on any atom is -0.491 e. The zero-order chi connectivity index (χ0) is 12.3. The summed E-state index contributed by atoms with van der Waals surface area (Å²) >= 11 is 0. The third-order valence-corrected chi connectivity index (χ3v) is 3.01. The van der Waals surface area contributed by atoms with Crippen molar-refractivity contribution in [3.8, 4) is 5.75 Å². The van der Waals surface area contributed by atoms with Gasteiger partial charge < -0.3 is 10.5 Å². The molecule has 2 N–H and O–H groups in total. The molecule has 0 aromatic heterocycles. The van der Waals surface area contributed by atoms with Gasteiger partial charge in [0, 0.05) is 25.7 Å². The first-order valence-corrected chi connectivity index (χ1v) is 6.37. The van der Waals surface area contributed by atoms with Crippen molar-refractivity contribution in [2.75, 3.05) is 13.1 Å². The number of ether oxygens (including phenoxy) is 1. The van der Waals surface area contributed by atoms with Gasteiger partial charge in [-0.1, -0.05) is 12.1 Å². The summed E-state index contributed by atoms with van der Waals surface area (Å²) in [4.78, 5) is 2.41. The second kappa shape index (κ2) is 5.52. The fraction of sp³-hybridized carbons (Fsp3) is 0.571. The number of hydrogen-bond donors (Lipinski definition) is 1. The Labute approximate surface area is 104 Å². The molecule has 3 nitrogen and oxygen atoms in total. The summed E-state index contributed by atoms with van der Waals surface area (Å²) in [5, 5.41) is 0. The highest BCUT2D eigenvalue weighted by Crippen LogP contribution is 2.17. The Morgan fingerprint density at radius 2 is 2.06 bits per heavy atom. The van der Waals surface area contributed by atoms with Crippen LogP contribution in [0.25, 0.3) is 0 Å². The molecule has 0 amide bonds. The highest BCUT2D eigenvalue weighted by molar-refractivity contribution is 5.27. The third kappa shape index (κ3) is 3.72. The Bertz CT molecular complexity index is 348. The van der Waals surface area contributed by atoms with Crippen LogP contribution in [0.15, 0.2) is 24.3 Å². The summed E-state index contributed by atoms with van der Waals surface area (Å²) in [5.41, 5.74) is 7.22. The van der Waals surface area contributed by atoms with E-state index in [-0.39, 0.29) is 6.10 Å². The molecular formula is C14H22N2O. The summed E-state index contributed by atoms with van der Waals surface area (Å²) in [6, 6.07) is 8.73. The van der Waals surface area contributed by atoms with Crippen molar-refractivity contribution in [3.05, 3.63) is 29.8 Å². The van der Waals surface area contributed by atoms with Gasteiger partial charge in [0.2, 0.25) is 0 Å². The molecule has 0 saturated carbocycles. The van der Waals surface area contributed by atoms with Crippen LogP contribution in [0.2, 0.25) is 0 Å². The minimum absolute atomic E-state index is 0.234. The Kier molecular flexibility index (Phi) is 4.02. The van der Waals surface area contributed by atoms with Crippen LogP contribution < -0.4 is 10.5 Å². The topological polar surface area (TPSA) is 38.5 Å². The lowest BCUT2D eigenvalue weighted by Gasteiger charge is -2.16. The molecule has 94 valence electrons. The maximum atomic E-state index is 5.90. The van der Waals surface area contributed by atoms with E-state index >= 15 is 0 Å². The average Bonchev–Trinajstić information content (AvgIpc) is 2.66. The molecule has 1 aromatic carbocycles. The maximum absolute atomic E-state index is 5.90. The molecule has 1 saturated heterocycles. The summed E-state index contributed by atoms with van der Waals surface area (Å²) in [6.07, 6.45) is 1.35. The lowest BCUT2D eigenvalue weighted by molar-refractivity contribution is 0.242. The summed E-state index contributed by atoms with van der Waals surface area (Å²) in [5.74, 6) is 0.946. The van der Waals surface area contributed by atoms with E-state index in [1.54, 1.807) is 0 Å². The Hall–Kier alpha value is -1.06. The number of hydrogen-bond acceptors (Lipinski definition) is 3. The summed E-state index contributed by atoms with van der Waals surface area (Å²) in [7, 11) is 0. The van der Waals surface area contributed by atoms with Gasteiger partial charge >= 0.3 is 0 Å². The van der Waals surface area contributed by atoms with E-state index in [1.165, 1.54) is 5.56 Å². The average molecular weight is 234 g/mol. The molecular weight excluding hydrogens is 212 g/mol. The van der Waals surface area contributed by atoms with Gasteiger partial charge in [0.25, 0.3) is 0 Å². The second-order valence-corrected chi connectivity index (χ2v) is 5.09. The van der Waals surface area contributed by atoms with Crippen molar-refractivity contribution in [1.29, 1.82) is 0 Å². The smallest absolute Gasteiger partial charge is 0.119 e. The highest BCUT2D eigenvalue weighted by Gasteiger charge is 2.18. The molecule has 1 aliphatic heterocycles. The van der Waals surface area contributed by atoms with Crippen LogP contribution in [-0.4, -0.2) is 30.1 Å². The van der Waals surface area contributed by atoms with Crippen molar-refractivity contribution in [3.63, 3.8) is 0 Å². The van der Waals surface area contributed by atoms with Gasteiger partial charge in [-0.2, -0.15) is 0 Å². The lowest BCUT2D eigenvalue weighted by atomic mass is 10.2. The number of likely N-dealkylation sites (tertiary alicyclic amines) is 1. The monoisotopic (exact) mass is 234 g/mol. The molecule has 1 atom stereocenters. The molecule has 0 aliphatic carbocycles. The zero-order valence-electron chi connectivity index (χ0n) is 10.7. The van der Waals surface area contributed by atoms with Crippen LogP contribution in [0.3, 0.4) is 0 Å². The van der Waals surface area contributed by atoms with Crippen LogP contribution in [0.1, 0.15) is 25.8 Å². The van der Waals surface area contributed by atoms with Crippen molar-refractivity contribution in [1.82, 2.24) is 4.90 Å². The molecule has 3 heteroatoms. The van der Waals surface area contributed by atoms with Gasteiger partial charge in [-0.05, 0) is 38.0 Å². The van der Waals surface area contributed by atoms with Crippen molar-refractivity contribution in [2.24, 2.45) is 5.73 Å². The second-order valence-electron chi connectivity index (χ2n) is 5.09. The van der Waals surface area contributed by atoms with Crippen molar-refractivity contribution < 1.29 is 4.74 Å². The lowest BCUT2D eigenvalue weighted by Crippen LogP contribution is -2.26. The predicted octanol–water partition coefficient (Wildman–Crippen LogP) is 2.01. The Morgan fingerprint density at radius 1 is 1.35 bits per heavy atom. The zero-order valence-corrected chi connectivity index (χ0v) is 10.7. The molecule has 1 aromatic rings. The summed E-state index contributed by atoms with van der Waals surface area (Å²) in [6.45, 7) is 7.21. The van der Waals surface area contributed by atoms with Crippen LogP contribution in [-0.2, 0) is 6.54 Å². The molecule has 0 spiro atoms. The maximum Gasteiger partial charge on any atom is 0.119 e. The van der Waals surface area contributed by atoms with E-state index in [0.717, 1.165) is 31.8 Å². The molecule has 0 radical (unpaired) electrons. The highest BCUT2D eigenvalue weighted by atomic mass is 16.5. The van der Waals surface area contributed by atoms with E-state index < -0.39 is 0 Å². The number of benzene rings is 1. The molecule has 1 aliphatic rings. The minimum atomic E-state index is 0.234. The van der Waals surface area contributed by atoms with Crippen LogP contribution in [0.4, 0.5) is 0 Å². The van der Waals surface area contributed by atoms with Crippen LogP contribution in [0, 0.1) is 0 Å². The number of nitrogens with two attached hydrogens (primary N) is 1. The molecule has 1 unspecified atom stereocenters. The fourth-order valence-corrected chi connectivity index (χ4v) is 2.21. The van der Waals surface area contributed by atoms with Gasteiger partial charge in [0.15, 0.2) is 0 Å². The normalized spacial score (nSPS) is 21.1. The Balaban J connectivity index is 1.89. The molecule has 2 rings (SSSR count). The largest absolute Gasteiger partial charge is 0.491 e. The van der Waals surface area contributed by atoms with Gasteiger partial charge in [0.05, 0.1) is 6.10 Å². The van der Waals surface area contributed by atoms with Crippen molar-refractivity contribution in [2.45, 2.75) is 39.0 Å². The fourth-order valence-electron chi connectivity index (χ4n) is 2.21. The van der Waals surface area contributed by atoms with Gasteiger partial charge in [-0.3, -0.25) is 4.90 Å². The first kappa shape index (κ1) is 12.4. The first-order chi connectivity index (χ1) is 8.13. The molecule has 17 heavy (non-hydrogen) atoms. The van der Waals surface area contributed by atoms with E-state index in [4.69, 9.17) is 10.5 Å². The quantitative estimate of drug-likeness (QED) is 0.866. The molecule has 1 fully saturated rings. The van der Waals surface area contributed by atoms with E-state index in [9.17, 15) is 0 Å². The number of rotatable bonds is 4. The first-order valence-electron chi connectivity index (χ1n) is 6.37. The predicted molar refractivity (Wildman–Crippen MR) is 70.1 cm³/mol. The SMILES string of the molecule is CC(C)Oc1ccc(CN2CCC(N)C2)cc1. The van der Waals surface area contributed by atoms with E-state index in [1.807, 2.05) is 26.0 Å². The Morgan fingerprint density at radius 3 is 2.59 bits per heavy atom. The van der Waals surface area contributed by atoms with Crippen LogP contribution >= 0.6 is 0 Å². The number of nitrogens with zero attached hydrogens (tertiary/aromatic N) is 1.